The number of likely N-dealkylation sites (tertiary alicyclic amines) is 1. The van der Waals surface area contributed by atoms with Crippen molar-refractivity contribution in [2.75, 3.05) is 13.2 Å². The molecule has 1 rings (SSSR count). The molecule has 0 aromatic rings. The van der Waals surface area contributed by atoms with Gasteiger partial charge >= 0.3 is 5.97 Å². The smallest absolute Gasteiger partial charge is 0.328 e. The van der Waals surface area contributed by atoms with E-state index in [1.807, 2.05) is 13.8 Å². The first-order chi connectivity index (χ1) is 13.5. The molecule has 7 N–H and O–H groups in total. The van der Waals surface area contributed by atoms with E-state index in [0.29, 0.717) is 19.4 Å². The number of rotatable bonds is 10. The molecule has 3 amide bonds. The van der Waals surface area contributed by atoms with Crippen LogP contribution < -0.4 is 16.4 Å². The molecule has 0 spiro atoms. The number of hydrogen-bond acceptors (Lipinski definition) is 7. The second-order valence-corrected chi connectivity index (χ2v) is 7.73. The molecule has 0 aromatic carbocycles. The summed E-state index contributed by atoms with van der Waals surface area (Å²) in [6, 6.07) is -4.50. The van der Waals surface area contributed by atoms with Crippen LogP contribution in [-0.2, 0) is 19.2 Å². The number of aliphatic hydroxyl groups excluding tert-OH is 2. The van der Waals surface area contributed by atoms with Gasteiger partial charge in [-0.25, -0.2) is 4.79 Å². The molecule has 11 nitrogen and oxygen atoms in total. The quantitative estimate of drug-likeness (QED) is 0.231. The van der Waals surface area contributed by atoms with Crippen molar-refractivity contribution in [2.45, 2.75) is 70.3 Å². The molecule has 1 fully saturated rings. The van der Waals surface area contributed by atoms with Crippen molar-refractivity contribution < 1.29 is 34.5 Å². The van der Waals surface area contributed by atoms with Crippen LogP contribution >= 0.6 is 0 Å². The first-order valence-electron chi connectivity index (χ1n) is 9.68. The Labute approximate surface area is 169 Å². The third kappa shape index (κ3) is 6.94. The molecule has 11 heteroatoms. The Kier molecular flexibility index (Phi) is 9.47. The monoisotopic (exact) mass is 416 g/mol. The van der Waals surface area contributed by atoms with Crippen LogP contribution in [0.4, 0.5) is 0 Å². The molecule has 0 saturated carbocycles. The van der Waals surface area contributed by atoms with Crippen molar-refractivity contribution in [3.63, 3.8) is 0 Å². The van der Waals surface area contributed by atoms with E-state index in [0.717, 1.165) is 0 Å². The summed E-state index contributed by atoms with van der Waals surface area (Å²) in [5.41, 5.74) is 5.57. The predicted octanol–water partition coefficient (Wildman–Crippen LogP) is -2.22. The van der Waals surface area contributed by atoms with E-state index in [1.165, 1.54) is 11.8 Å². The summed E-state index contributed by atoms with van der Waals surface area (Å²) >= 11 is 0. The number of carboxylic acid groups (broad SMARTS) is 1. The Balaban J connectivity index is 2.91. The molecule has 29 heavy (non-hydrogen) atoms. The second-order valence-electron chi connectivity index (χ2n) is 7.73. The maximum Gasteiger partial charge on any atom is 0.328 e. The van der Waals surface area contributed by atoms with Gasteiger partial charge in [-0.1, -0.05) is 13.8 Å². The zero-order valence-electron chi connectivity index (χ0n) is 17.0. The van der Waals surface area contributed by atoms with Crippen LogP contribution in [0.5, 0.6) is 0 Å². The van der Waals surface area contributed by atoms with Crippen LogP contribution in [-0.4, -0.2) is 87.3 Å². The largest absolute Gasteiger partial charge is 0.480 e. The van der Waals surface area contributed by atoms with Crippen LogP contribution in [0.3, 0.4) is 0 Å². The van der Waals surface area contributed by atoms with Crippen molar-refractivity contribution in [2.24, 2.45) is 11.7 Å². The molecule has 0 unspecified atom stereocenters. The zero-order chi connectivity index (χ0) is 22.3. The van der Waals surface area contributed by atoms with E-state index in [-0.39, 0.29) is 12.3 Å². The number of nitrogens with one attached hydrogen (secondary N) is 2. The fraction of sp³-hybridized carbons (Fsp3) is 0.778. The van der Waals surface area contributed by atoms with Gasteiger partial charge in [-0.3, -0.25) is 14.4 Å². The van der Waals surface area contributed by atoms with E-state index < -0.39 is 60.6 Å². The molecule has 0 aromatic heterocycles. The van der Waals surface area contributed by atoms with Gasteiger partial charge in [0.1, 0.15) is 18.1 Å². The summed E-state index contributed by atoms with van der Waals surface area (Å²) in [6.45, 7) is 4.68. The molecular formula is C18H32N4O7. The number of hydrogen-bond donors (Lipinski definition) is 6. The third-order valence-electron chi connectivity index (χ3n) is 4.74. The van der Waals surface area contributed by atoms with Gasteiger partial charge in [0.2, 0.25) is 17.7 Å². The Hall–Kier alpha value is -2.24. The van der Waals surface area contributed by atoms with E-state index in [9.17, 15) is 24.3 Å². The number of nitrogens with two attached hydrogens (primary N) is 1. The van der Waals surface area contributed by atoms with Crippen LogP contribution in [0, 0.1) is 5.92 Å². The molecular weight excluding hydrogens is 384 g/mol. The minimum absolute atomic E-state index is 0.00463. The lowest BCUT2D eigenvalue weighted by Crippen LogP contribution is -2.58. The number of aliphatic carboxylic acids is 1. The molecule has 1 heterocycles. The van der Waals surface area contributed by atoms with Gasteiger partial charge in [-0.2, -0.15) is 0 Å². The van der Waals surface area contributed by atoms with E-state index in [4.69, 9.17) is 15.9 Å². The Morgan fingerprint density at radius 2 is 1.79 bits per heavy atom. The Morgan fingerprint density at radius 1 is 1.17 bits per heavy atom. The molecule has 1 saturated heterocycles. The van der Waals surface area contributed by atoms with Crippen LogP contribution in [0.15, 0.2) is 0 Å². The van der Waals surface area contributed by atoms with Gasteiger partial charge < -0.3 is 36.6 Å². The summed E-state index contributed by atoms with van der Waals surface area (Å²) in [4.78, 5) is 50.1. The van der Waals surface area contributed by atoms with Crippen molar-refractivity contribution >= 4 is 23.7 Å². The van der Waals surface area contributed by atoms with Crippen molar-refractivity contribution in [1.82, 2.24) is 15.5 Å². The van der Waals surface area contributed by atoms with E-state index in [2.05, 4.69) is 10.6 Å². The summed E-state index contributed by atoms with van der Waals surface area (Å²) in [7, 11) is 0. The number of nitrogens with zero attached hydrogens (tertiary/aromatic N) is 1. The lowest BCUT2D eigenvalue weighted by molar-refractivity contribution is -0.145. The SMILES string of the molecule is CC(C)C[C@H](NC(=O)[C@@H]1CCCN1C(=O)[C@@H](N)CO)C(=O)N[C@H](C(=O)O)[C@@H](C)O. The molecule has 166 valence electrons. The highest BCUT2D eigenvalue weighted by molar-refractivity contribution is 5.94. The maximum atomic E-state index is 12.8. The first-order valence-corrected chi connectivity index (χ1v) is 9.68. The number of carboxylic acids is 1. The van der Waals surface area contributed by atoms with Gasteiger partial charge in [-0.15, -0.1) is 0 Å². The summed E-state index contributed by atoms with van der Waals surface area (Å²) in [6.07, 6.45) is -0.126. The molecule has 5 atom stereocenters. The topological polar surface area (TPSA) is 182 Å². The van der Waals surface area contributed by atoms with Gasteiger partial charge in [0.25, 0.3) is 0 Å². The standard InChI is InChI=1S/C18H32N4O7/c1-9(2)7-12(15(25)21-14(10(3)24)18(28)29)20-16(26)13-5-4-6-22(13)17(27)11(19)8-23/h9-14,23-24H,4-8,19H2,1-3H3,(H,20,26)(H,21,25)(H,28,29)/t10-,11+,12+,13+,14+/m1/s1. The van der Waals surface area contributed by atoms with E-state index >= 15 is 0 Å². The van der Waals surface area contributed by atoms with Crippen molar-refractivity contribution in [1.29, 1.82) is 0 Å². The van der Waals surface area contributed by atoms with Gasteiger partial charge in [0.15, 0.2) is 6.04 Å². The lowest BCUT2D eigenvalue weighted by atomic mass is 10.0. The number of carbonyl (C=O) groups is 4. The highest BCUT2D eigenvalue weighted by Crippen LogP contribution is 2.19. The molecule has 0 radical (unpaired) electrons. The summed E-state index contributed by atoms with van der Waals surface area (Å²) < 4.78 is 0. The van der Waals surface area contributed by atoms with Gasteiger partial charge in [0, 0.05) is 6.54 Å². The maximum absolute atomic E-state index is 12.8. The van der Waals surface area contributed by atoms with Crippen molar-refractivity contribution in [3.05, 3.63) is 0 Å². The Bertz CT molecular complexity index is 611. The predicted molar refractivity (Wildman–Crippen MR) is 102 cm³/mol. The summed E-state index contributed by atoms with van der Waals surface area (Å²) in [5.74, 6) is -3.22. The summed E-state index contributed by atoms with van der Waals surface area (Å²) in [5, 5.41) is 32.6. The molecule has 0 bridgehead atoms. The fourth-order valence-electron chi connectivity index (χ4n) is 3.21. The molecule has 0 aliphatic carbocycles. The minimum Gasteiger partial charge on any atom is -0.480 e. The normalized spacial score (nSPS) is 20.7. The fourth-order valence-corrected chi connectivity index (χ4v) is 3.21. The van der Waals surface area contributed by atoms with Crippen molar-refractivity contribution in [3.8, 4) is 0 Å². The van der Waals surface area contributed by atoms with E-state index in [1.54, 1.807) is 0 Å². The first kappa shape index (κ1) is 24.8. The highest BCUT2D eigenvalue weighted by atomic mass is 16.4. The van der Waals surface area contributed by atoms with Gasteiger partial charge in [0.05, 0.1) is 12.7 Å². The molecule has 1 aliphatic heterocycles. The Morgan fingerprint density at radius 3 is 2.28 bits per heavy atom. The lowest BCUT2D eigenvalue weighted by Gasteiger charge is -2.29. The highest BCUT2D eigenvalue weighted by Gasteiger charge is 2.38. The average Bonchev–Trinajstić information content (AvgIpc) is 3.12. The minimum atomic E-state index is -1.51. The third-order valence-corrected chi connectivity index (χ3v) is 4.74. The number of aliphatic hydroxyl groups is 2. The number of amides is 3. The second kappa shape index (κ2) is 11.1. The average molecular weight is 416 g/mol. The zero-order valence-corrected chi connectivity index (χ0v) is 17.0. The van der Waals surface area contributed by atoms with Crippen LogP contribution in [0.25, 0.3) is 0 Å². The number of carbonyl (C=O) groups excluding carboxylic acids is 3. The van der Waals surface area contributed by atoms with Crippen LogP contribution in [0.2, 0.25) is 0 Å². The van der Waals surface area contributed by atoms with Crippen LogP contribution in [0.1, 0.15) is 40.0 Å². The molecule has 1 aliphatic rings. The van der Waals surface area contributed by atoms with Gasteiger partial charge in [-0.05, 0) is 32.1 Å².